The van der Waals surface area contributed by atoms with E-state index < -0.39 is 0 Å². The van der Waals surface area contributed by atoms with Crippen molar-refractivity contribution in [3.05, 3.63) is 22.7 Å². The van der Waals surface area contributed by atoms with Crippen LogP contribution in [0.1, 0.15) is 44.1 Å². The van der Waals surface area contributed by atoms with Crippen LogP contribution < -0.4 is 4.90 Å². The van der Waals surface area contributed by atoms with Crippen molar-refractivity contribution >= 4 is 44.2 Å². The maximum atomic E-state index is 13.2. The number of benzene rings is 1. The number of hydrogen-bond donors (Lipinski definition) is 0. The summed E-state index contributed by atoms with van der Waals surface area (Å²) in [5, 5.41) is 1.50. The molecule has 0 unspecified atom stereocenters. The molecule has 0 bridgehead atoms. The molecule has 1 atom stereocenters. The van der Waals surface area contributed by atoms with Crippen LogP contribution in [0.15, 0.2) is 12.1 Å². The Morgan fingerprint density at radius 2 is 2.12 bits per heavy atom. The van der Waals surface area contributed by atoms with Crippen molar-refractivity contribution in [2.75, 3.05) is 18.1 Å². The zero-order valence-electron chi connectivity index (χ0n) is 14.5. The Hall–Kier alpha value is -1.17. The van der Waals surface area contributed by atoms with E-state index in [4.69, 9.17) is 21.3 Å². The van der Waals surface area contributed by atoms with E-state index in [0.29, 0.717) is 11.6 Å². The van der Waals surface area contributed by atoms with Crippen molar-refractivity contribution < 1.29 is 9.53 Å². The average molecular weight is 379 g/mol. The first-order chi connectivity index (χ1) is 12.1. The van der Waals surface area contributed by atoms with Crippen LogP contribution in [0.4, 0.5) is 5.13 Å². The van der Waals surface area contributed by atoms with Crippen molar-refractivity contribution in [1.82, 2.24) is 4.98 Å². The van der Waals surface area contributed by atoms with E-state index >= 15 is 0 Å². The van der Waals surface area contributed by atoms with Gasteiger partial charge in [0.15, 0.2) is 5.13 Å². The molecule has 2 heterocycles. The normalized spacial score (nSPS) is 21.3. The van der Waals surface area contributed by atoms with Gasteiger partial charge < -0.3 is 4.74 Å². The molecule has 134 valence electrons. The maximum Gasteiger partial charge on any atom is 0.231 e. The molecule has 6 heteroatoms. The molecule has 1 aromatic heterocycles. The molecule has 1 aromatic carbocycles. The highest BCUT2D eigenvalue weighted by atomic mass is 35.5. The number of rotatable bonds is 4. The van der Waals surface area contributed by atoms with E-state index in [1.807, 2.05) is 24.0 Å². The first-order valence-electron chi connectivity index (χ1n) is 9.11. The fourth-order valence-electron chi connectivity index (χ4n) is 3.91. The molecule has 2 fully saturated rings. The third-order valence-electron chi connectivity index (χ3n) is 5.25. The van der Waals surface area contributed by atoms with E-state index in [1.54, 1.807) is 11.3 Å². The molecule has 0 N–H and O–H groups in total. The van der Waals surface area contributed by atoms with E-state index in [9.17, 15) is 4.79 Å². The van der Waals surface area contributed by atoms with Gasteiger partial charge in [0.05, 0.1) is 22.9 Å². The van der Waals surface area contributed by atoms with Gasteiger partial charge in [-0.15, -0.1) is 0 Å². The predicted molar refractivity (Wildman–Crippen MR) is 103 cm³/mol. The number of aromatic nitrogens is 1. The Morgan fingerprint density at radius 1 is 1.32 bits per heavy atom. The lowest BCUT2D eigenvalue weighted by molar-refractivity contribution is -0.122. The zero-order chi connectivity index (χ0) is 17.4. The van der Waals surface area contributed by atoms with Crippen LogP contribution in [0, 0.1) is 12.8 Å². The Bertz CT molecular complexity index is 779. The minimum Gasteiger partial charge on any atom is -0.376 e. The number of fused-ring (bicyclic) bond motifs is 1. The second-order valence-corrected chi connectivity index (χ2v) is 8.58. The van der Waals surface area contributed by atoms with Crippen LogP contribution in [0.2, 0.25) is 5.02 Å². The van der Waals surface area contributed by atoms with E-state index in [1.165, 1.54) is 0 Å². The highest BCUT2D eigenvalue weighted by molar-refractivity contribution is 7.22. The van der Waals surface area contributed by atoms with Crippen molar-refractivity contribution in [3.8, 4) is 0 Å². The predicted octanol–water partition coefficient (Wildman–Crippen LogP) is 4.96. The number of amides is 1. The number of halogens is 1. The average Bonchev–Trinajstić information content (AvgIpc) is 3.32. The number of carbonyl (C=O) groups excluding carboxylic acids is 1. The highest BCUT2D eigenvalue weighted by Crippen LogP contribution is 2.36. The minimum atomic E-state index is 0.127. The Balaban J connectivity index is 1.68. The quantitative estimate of drug-likeness (QED) is 0.755. The Kier molecular flexibility index (Phi) is 4.98. The number of carbonyl (C=O) groups is 1. The van der Waals surface area contributed by atoms with Crippen molar-refractivity contribution in [2.24, 2.45) is 5.92 Å². The summed E-state index contributed by atoms with van der Waals surface area (Å²) in [5.41, 5.74) is 2.00. The number of nitrogens with zero attached hydrogens (tertiary/aromatic N) is 2. The molecule has 1 aliphatic heterocycles. The van der Waals surface area contributed by atoms with Crippen molar-refractivity contribution in [3.63, 3.8) is 0 Å². The van der Waals surface area contributed by atoms with Gasteiger partial charge >= 0.3 is 0 Å². The second kappa shape index (κ2) is 7.22. The molecule has 1 saturated carbocycles. The van der Waals surface area contributed by atoms with Crippen molar-refractivity contribution in [1.29, 1.82) is 0 Å². The standard InChI is InChI=1S/C19H23ClN2O2S/c1-12-9-14(20)10-16-17(12)21-19(25-16)22(11-15-7-4-8-24-15)18(23)13-5-2-3-6-13/h9-10,13,15H,2-8,11H2,1H3/t15-/m1/s1. The van der Waals surface area contributed by atoms with E-state index in [-0.39, 0.29) is 17.9 Å². The molecule has 1 aliphatic carbocycles. The SMILES string of the molecule is Cc1cc(Cl)cc2sc(N(C[C@H]3CCCO3)C(=O)C3CCCC3)nc12. The van der Waals surface area contributed by atoms with Gasteiger partial charge in [-0.3, -0.25) is 9.69 Å². The summed E-state index contributed by atoms with van der Waals surface area (Å²) in [6, 6.07) is 3.87. The van der Waals surface area contributed by atoms with E-state index in [0.717, 1.165) is 66.0 Å². The monoisotopic (exact) mass is 378 g/mol. The van der Waals surface area contributed by atoms with Gasteiger partial charge in [0.1, 0.15) is 0 Å². The minimum absolute atomic E-state index is 0.127. The van der Waals surface area contributed by atoms with Gasteiger partial charge in [0, 0.05) is 17.5 Å². The highest BCUT2D eigenvalue weighted by Gasteiger charge is 2.32. The largest absolute Gasteiger partial charge is 0.376 e. The number of anilines is 1. The third kappa shape index (κ3) is 3.55. The number of thiazole rings is 1. The van der Waals surface area contributed by atoms with Crippen LogP contribution >= 0.6 is 22.9 Å². The summed E-state index contributed by atoms with van der Waals surface area (Å²) in [5.74, 6) is 0.355. The van der Waals surface area contributed by atoms with Crippen LogP contribution in [0.5, 0.6) is 0 Å². The van der Waals surface area contributed by atoms with Crippen molar-refractivity contribution in [2.45, 2.75) is 51.6 Å². The molecular formula is C19H23ClN2O2S. The molecule has 0 radical (unpaired) electrons. The first kappa shape index (κ1) is 17.3. The first-order valence-corrected chi connectivity index (χ1v) is 10.3. The summed E-state index contributed by atoms with van der Waals surface area (Å²) in [6.07, 6.45) is 6.52. The Morgan fingerprint density at radius 3 is 2.84 bits per heavy atom. The van der Waals surface area contributed by atoms with Gasteiger partial charge in [-0.2, -0.15) is 0 Å². The molecule has 1 saturated heterocycles. The molecule has 4 rings (SSSR count). The lowest BCUT2D eigenvalue weighted by Gasteiger charge is -2.25. The number of aryl methyl sites for hydroxylation is 1. The molecule has 2 aromatic rings. The lowest BCUT2D eigenvalue weighted by atomic mass is 10.1. The summed E-state index contributed by atoms with van der Waals surface area (Å²) in [4.78, 5) is 19.9. The molecule has 1 amide bonds. The number of hydrogen-bond acceptors (Lipinski definition) is 4. The van der Waals surface area contributed by atoms with Gasteiger partial charge in [-0.25, -0.2) is 4.98 Å². The second-order valence-electron chi connectivity index (χ2n) is 7.13. The molecule has 2 aliphatic rings. The molecule has 0 spiro atoms. The summed E-state index contributed by atoms with van der Waals surface area (Å²) < 4.78 is 6.83. The van der Waals surface area contributed by atoms with E-state index in [2.05, 4.69) is 0 Å². The lowest BCUT2D eigenvalue weighted by Crippen LogP contribution is -2.40. The fourth-order valence-corrected chi connectivity index (χ4v) is 5.34. The molecule has 25 heavy (non-hydrogen) atoms. The van der Waals surface area contributed by atoms with Crippen LogP contribution in [0.3, 0.4) is 0 Å². The summed E-state index contributed by atoms with van der Waals surface area (Å²) >= 11 is 7.75. The fraction of sp³-hybridized carbons (Fsp3) is 0.579. The number of ether oxygens (including phenoxy) is 1. The van der Waals surface area contributed by atoms with Gasteiger partial charge in [-0.05, 0) is 50.3 Å². The maximum absolute atomic E-state index is 13.2. The molecular weight excluding hydrogens is 356 g/mol. The van der Waals surface area contributed by atoms with Gasteiger partial charge in [0.2, 0.25) is 5.91 Å². The van der Waals surface area contributed by atoms with Crippen LogP contribution in [0.25, 0.3) is 10.2 Å². The molecule has 4 nitrogen and oxygen atoms in total. The topological polar surface area (TPSA) is 42.4 Å². The Labute approximate surface area is 157 Å². The summed E-state index contributed by atoms with van der Waals surface area (Å²) in [7, 11) is 0. The van der Waals surface area contributed by atoms with Gasteiger partial charge in [0.25, 0.3) is 0 Å². The van der Waals surface area contributed by atoms with Crippen LogP contribution in [-0.4, -0.2) is 30.1 Å². The third-order valence-corrected chi connectivity index (χ3v) is 6.49. The summed E-state index contributed by atoms with van der Waals surface area (Å²) in [6.45, 7) is 3.42. The van der Waals surface area contributed by atoms with Crippen LogP contribution in [-0.2, 0) is 9.53 Å². The zero-order valence-corrected chi connectivity index (χ0v) is 16.0. The van der Waals surface area contributed by atoms with Gasteiger partial charge in [-0.1, -0.05) is 35.8 Å². The smallest absolute Gasteiger partial charge is 0.231 e.